The maximum atomic E-state index is 5.54. The van der Waals surface area contributed by atoms with E-state index in [2.05, 4.69) is 0 Å². The fourth-order valence-electron chi connectivity index (χ4n) is 0.499. The van der Waals surface area contributed by atoms with Crippen molar-refractivity contribution in [3.63, 3.8) is 0 Å². The molecular weight excluding hydrogens is 212 g/mol. The highest BCUT2D eigenvalue weighted by Gasteiger charge is 2.23. The van der Waals surface area contributed by atoms with Gasteiger partial charge in [-0.15, -0.1) is 0 Å². The summed E-state index contributed by atoms with van der Waals surface area (Å²) in [5.41, 5.74) is 0. The Morgan fingerprint density at radius 2 is 1.60 bits per heavy atom. The van der Waals surface area contributed by atoms with Crippen LogP contribution in [0.4, 0.5) is 0 Å². The minimum Gasteiger partial charge on any atom is -0.248 e. The average Bonchev–Trinajstić information content (AvgIpc) is 1.81. The maximum Gasteiger partial charge on any atom is 0.251 e. The minimum absolute atomic E-state index is 0.884. The molecule has 0 radical (unpaired) electrons. The molecule has 0 heterocycles. The van der Waals surface area contributed by atoms with Crippen molar-refractivity contribution in [3.8, 4) is 0 Å². The Kier molecular flexibility index (Phi) is 5.52. The first-order valence-electron chi connectivity index (χ1n) is 3.00. The number of hydrogen-bond donors (Lipinski definition) is 0. The van der Waals surface area contributed by atoms with Crippen LogP contribution in [0.3, 0.4) is 0 Å². The quantitative estimate of drug-likeness (QED) is 0.532. The van der Waals surface area contributed by atoms with Gasteiger partial charge in [0.25, 0.3) is 3.12 Å². The number of rotatable bonds is 3. The van der Waals surface area contributed by atoms with Crippen molar-refractivity contribution in [2.24, 2.45) is 0 Å². The number of halogens is 3. The largest absolute Gasteiger partial charge is 0.251 e. The van der Waals surface area contributed by atoms with Crippen LogP contribution >= 0.6 is 46.8 Å². The Balaban J connectivity index is 3.63. The van der Waals surface area contributed by atoms with E-state index in [1.54, 1.807) is 0 Å². The molecule has 0 atom stereocenters. The summed E-state index contributed by atoms with van der Waals surface area (Å²) < 4.78 is 0.763. The van der Waals surface area contributed by atoms with Crippen LogP contribution in [0.15, 0.2) is 0 Å². The molecule has 62 valence electrons. The van der Waals surface area contributed by atoms with Gasteiger partial charge >= 0.3 is 0 Å². The van der Waals surface area contributed by atoms with Gasteiger partial charge in [-0.05, 0) is 11.9 Å². The Hall–Kier alpha value is 1.18. The maximum absolute atomic E-state index is 5.54. The van der Waals surface area contributed by atoms with E-state index in [9.17, 15) is 0 Å². The van der Waals surface area contributed by atoms with Gasteiger partial charge in [0.2, 0.25) is 0 Å². The van der Waals surface area contributed by atoms with Gasteiger partial charge in [0.05, 0.1) is 0 Å². The summed E-state index contributed by atoms with van der Waals surface area (Å²) in [5, 5.41) is 0. The molecule has 0 saturated heterocycles. The van der Waals surface area contributed by atoms with E-state index < -0.39 is 3.12 Å². The molecule has 10 heavy (non-hydrogen) atoms. The zero-order valence-electron chi connectivity index (χ0n) is 5.90. The topological polar surface area (TPSA) is 3.24 Å². The van der Waals surface area contributed by atoms with Crippen LogP contribution in [0.1, 0.15) is 13.8 Å². The number of hydrogen-bond acceptors (Lipinski definition) is 2. The molecule has 0 aromatic rings. The Morgan fingerprint density at radius 1 is 1.20 bits per heavy atom. The first kappa shape index (κ1) is 11.2. The van der Waals surface area contributed by atoms with E-state index in [4.69, 9.17) is 34.8 Å². The third-order valence-corrected chi connectivity index (χ3v) is 2.54. The third-order valence-electron chi connectivity index (χ3n) is 0.938. The molecule has 0 aliphatic rings. The van der Waals surface area contributed by atoms with E-state index in [0.29, 0.717) is 0 Å². The number of nitrogens with zero attached hydrogens (tertiary/aromatic N) is 1. The van der Waals surface area contributed by atoms with Gasteiger partial charge < -0.3 is 0 Å². The summed E-state index contributed by atoms with van der Waals surface area (Å²) in [5.74, 6) is 0. The van der Waals surface area contributed by atoms with E-state index in [1.807, 2.05) is 18.2 Å². The predicted octanol–water partition coefficient (Wildman–Crippen LogP) is 3.30. The van der Waals surface area contributed by atoms with Crippen LogP contribution in [0, 0.1) is 0 Å². The molecule has 0 amide bonds. The summed E-state index contributed by atoms with van der Waals surface area (Å²) in [6, 6.07) is 0. The summed E-state index contributed by atoms with van der Waals surface area (Å²) in [4.78, 5) is 0. The smallest absolute Gasteiger partial charge is 0.248 e. The van der Waals surface area contributed by atoms with Crippen molar-refractivity contribution < 1.29 is 0 Å². The molecule has 0 aromatic heterocycles. The number of alkyl halides is 3. The normalized spacial score (nSPS) is 12.6. The van der Waals surface area contributed by atoms with Gasteiger partial charge in [-0.2, -0.15) is 0 Å². The summed E-state index contributed by atoms with van der Waals surface area (Å²) >= 11 is 17.8. The Bertz CT molecular complexity index is 89.4. The molecule has 0 aliphatic carbocycles. The fraction of sp³-hybridized carbons (Fsp3) is 1.00. The SMILES string of the molecule is CCN(CC)SC(Cl)(Cl)Cl. The van der Waals surface area contributed by atoms with Crippen molar-refractivity contribution in [2.45, 2.75) is 17.0 Å². The van der Waals surface area contributed by atoms with Crippen LogP contribution < -0.4 is 0 Å². The van der Waals surface area contributed by atoms with Crippen LogP contribution in [0.2, 0.25) is 0 Å². The van der Waals surface area contributed by atoms with Gasteiger partial charge in [0.1, 0.15) is 0 Å². The molecule has 0 saturated carbocycles. The molecule has 0 N–H and O–H groups in total. The van der Waals surface area contributed by atoms with Crippen LogP contribution in [-0.4, -0.2) is 20.5 Å². The zero-order chi connectivity index (χ0) is 8.20. The van der Waals surface area contributed by atoms with E-state index >= 15 is 0 Å². The molecule has 0 bridgehead atoms. The molecular formula is C5H10Cl3NS. The van der Waals surface area contributed by atoms with Gasteiger partial charge in [-0.1, -0.05) is 48.7 Å². The zero-order valence-corrected chi connectivity index (χ0v) is 8.99. The summed E-state index contributed by atoms with van der Waals surface area (Å²) in [6.45, 7) is 5.81. The summed E-state index contributed by atoms with van der Waals surface area (Å²) in [7, 11) is 0. The van der Waals surface area contributed by atoms with Crippen molar-refractivity contribution in [2.75, 3.05) is 13.1 Å². The molecule has 0 aromatic carbocycles. The summed E-state index contributed by atoms with van der Waals surface area (Å²) in [6.07, 6.45) is 0. The lowest BCUT2D eigenvalue weighted by Crippen LogP contribution is -2.18. The van der Waals surface area contributed by atoms with Crippen LogP contribution in [-0.2, 0) is 0 Å². The van der Waals surface area contributed by atoms with Crippen molar-refractivity contribution in [3.05, 3.63) is 0 Å². The molecule has 5 heteroatoms. The first-order chi connectivity index (χ1) is 4.49. The highest BCUT2D eigenvalue weighted by molar-refractivity contribution is 8.02. The molecule has 0 rings (SSSR count). The van der Waals surface area contributed by atoms with E-state index in [1.165, 1.54) is 11.9 Å². The second-order valence-corrected chi connectivity index (χ2v) is 5.92. The third kappa shape index (κ3) is 5.93. The molecule has 0 spiro atoms. The molecule has 0 fully saturated rings. The van der Waals surface area contributed by atoms with Gasteiger partial charge in [0.15, 0.2) is 0 Å². The Morgan fingerprint density at radius 3 is 1.70 bits per heavy atom. The van der Waals surface area contributed by atoms with E-state index in [-0.39, 0.29) is 0 Å². The van der Waals surface area contributed by atoms with Gasteiger partial charge in [-0.25, -0.2) is 4.31 Å². The standard InChI is InChI=1S/C5H10Cl3NS/c1-3-9(4-2)10-5(6,7)8/h3-4H2,1-2H3. The fourth-order valence-corrected chi connectivity index (χ4v) is 1.93. The van der Waals surface area contributed by atoms with Crippen molar-refractivity contribution in [1.29, 1.82) is 0 Å². The highest BCUT2D eigenvalue weighted by atomic mass is 35.6. The minimum atomic E-state index is -1.22. The van der Waals surface area contributed by atoms with Crippen molar-refractivity contribution >= 4 is 46.8 Å². The van der Waals surface area contributed by atoms with Crippen molar-refractivity contribution in [1.82, 2.24) is 4.31 Å². The Labute approximate surface area is 81.1 Å². The average molecular weight is 223 g/mol. The molecule has 0 unspecified atom stereocenters. The van der Waals surface area contributed by atoms with Gasteiger partial charge in [-0.3, -0.25) is 0 Å². The monoisotopic (exact) mass is 221 g/mol. The van der Waals surface area contributed by atoms with Crippen LogP contribution in [0.5, 0.6) is 0 Å². The lowest BCUT2D eigenvalue weighted by atomic mass is 10.7. The van der Waals surface area contributed by atoms with E-state index in [0.717, 1.165) is 13.1 Å². The second kappa shape index (κ2) is 4.94. The van der Waals surface area contributed by atoms with Gasteiger partial charge in [0, 0.05) is 13.1 Å². The second-order valence-electron chi connectivity index (χ2n) is 1.65. The predicted molar refractivity (Wildman–Crippen MR) is 50.8 cm³/mol. The molecule has 1 nitrogen and oxygen atoms in total. The first-order valence-corrected chi connectivity index (χ1v) is 4.91. The van der Waals surface area contributed by atoms with Crippen LogP contribution in [0.25, 0.3) is 0 Å². The lowest BCUT2D eigenvalue weighted by Gasteiger charge is -2.20. The lowest BCUT2D eigenvalue weighted by molar-refractivity contribution is 0.525. The molecule has 0 aliphatic heterocycles. The highest BCUT2D eigenvalue weighted by Crippen LogP contribution is 2.40.